The van der Waals surface area contributed by atoms with Crippen LogP contribution in [-0.2, 0) is 9.59 Å². The van der Waals surface area contributed by atoms with E-state index in [-0.39, 0.29) is 17.6 Å². The van der Waals surface area contributed by atoms with E-state index in [1.54, 1.807) is 12.1 Å². The molecule has 2 aliphatic heterocycles. The second-order valence-electron chi connectivity index (χ2n) is 8.00. The molecule has 27 heavy (non-hydrogen) atoms. The summed E-state index contributed by atoms with van der Waals surface area (Å²) in [7, 11) is 0. The van der Waals surface area contributed by atoms with Crippen molar-refractivity contribution in [2.24, 2.45) is 5.92 Å². The van der Waals surface area contributed by atoms with Gasteiger partial charge in [-0.3, -0.25) is 9.59 Å². The molecule has 2 saturated heterocycles. The smallest absolute Gasteiger partial charge is 0.279 e. The summed E-state index contributed by atoms with van der Waals surface area (Å²) in [6.45, 7) is 8.58. The Morgan fingerprint density at radius 2 is 1.74 bits per heavy atom. The minimum Gasteiger partial charge on any atom is -0.338 e. The SMILES string of the molecule is C[C@H]1CCCN(C(=O)C[NH+]2CC[NH+](CC(=O)Nc3ccc(F)cc3)CC2)C1. The zero-order valence-electron chi connectivity index (χ0n) is 16.1. The van der Waals surface area contributed by atoms with E-state index in [2.05, 4.69) is 12.2 Å². The molecule has 0 aromatic heterocycles. The lowest BCUT2D eigenvalue weighted by molar-refractivity contribution is -1.00. The lowest BCUT2D eigenvalue weighted by Gasteiger charge is -2.33. The van der Waals surface area contributed by atoms with Crippen molar-refractivity contribution in [2.45, 2.75) is 19.8 Å². The third-order valence-electron chi connectivity index (χ3n) is 5.61. The first-order chi connectivity index (χ1) is 13.0. The third-order valence-corrected chi connectivity index (χ3v) is 5.61. The molecule has 0 aliphatic carbocycles. The van der Waals surface area contributed by atoms with Crippen LogP contribution in [0.5, 0.6) is 0 Å². The van der Waals surface area contributed by atoms with Crippen molar-refractivity contribution in [3.05, 3.63) is 30.1 Å². The third kappa shape index (κ3) is 6.01. The van der Waals surface area contributed by atoms with Gasteiger partial charge in [0.2, 0.25) is 0 Å². The molecule has 6 nitrogen and oxygen atoms in total. The summed E-state index contributed by atoms with van der Waals surface area (Å²) in [6, 6.07) is 5.81. The Labute approximate surface area is 160 Å². The number of hydrogen-bond donors (Lipinski definition) is 3. The maximum Gasteiger partial charge on any atom is 0.279 e. The molecule has 2 amide bonds. The van der Waals surface area contributed by atoms with E-state index in [9.17, 15) is 14.0 Å². The summed E-state index contributed by atoms with van der Waals surface area (Å²) in [5.41, 5.74) is 0.617. The van der Waals surface area contributed by atoms with Crippen molar-refractivity contribution in [3.8, 4) is 0 Å². The van der Waals surface area contributed by atoms with Gasteiger partial charge in [-0.05, 0) is 43.0 Å². The van der Waals surface area contributed by atoms with Crippen LogP contribution in [0.1, 0.15) is 19.8 Å². The van der Waals surface area contributed by atoms with Crippen molar-refractivity contribution >= 4 is 17.5 Å². The number of benzene rings is 1. The number of quaternary nitrogens is 2. The number of nitrogens with zero attached hydrogens (tertiary/aromatic N) is 1. The fourth-order valence-electron chi connectivity index (χ4n) is 4.02. The monoisotopic (exact) mass is 378 g/mol. The number of nitrogens with one attached hydrogen (secondary N) is 3. The molecule has 2 heterocycles. The van der Waals surface area contributed by atoms with Gasteiger partial charge in [0.1, 0.15) is 32.0 Å². The minimum absolute atomic E-state index is 0.0570. The molecule has 3 rings (SSSR count). The van der Waals surface area contributed by atoms with Gasteiger partial charge in [0.05, 0.1) is 0 Å². The number of amides is 2. The van der Waals surface area contributed by atoms with Gasteiger partial charge in [-0.2, -0.15) is 0 Å². The van der Waals surface area contributed by atoms with Gasteiger partial charge in [0, 0.05) is 18.8 Å². The highest BCUT2D eigenvalue weighted by Gasteiger charge is 2.29. The lowest BCUT2D eigenvalue weighted by Crippen LogP contribution is -3.28. The fourth-order valence-corrected chi connectivity index (χ4v) is 4.02. The fraction of sp³-hybridized carbons (Fsp3) is 0.600. The van der Waals surface area contributed by atoms with Crippen LogP contribution in [0.4, 0.5) is 10.1 Å². The van der Waals surface area contributed by atoms with Crippen LogP contribution in [0.15, 0.2) is 24.3 Å². The molecule has 2 aliphatic rings. The Kier molecular flexibility index (Phi) is 6.79. The standard InChI is InChI=1S/C20H29FN4O2/c1-16-3-2-8-25(13-16)20(27)15-24-11-9-23(10-12-24)14-19(26)22-18-6-4-17(21)5-7-18/h4-7,16H,2-3,8-15H2,1H3,(H,22,26)/p+2/t16-/m0/s1. The molecule has 0 radical (unpaired) electrons. The van der Waals surface area contributed by atoms with Crippen LogP contribution in [0.25, 0.3) is 0 Å². The molecule has 0 spiro atoms. The van der Waals surface area contributed by atoms with E-state index in [1.807, 2.05) is 4.90 Å². The number of piperidine rings is 1. The summed E-state index contributed by atoms with van der Waals surface area (Å²) in [5.74, 6) is 0.511. The zero-order chi connectivity index (χ0) is 19.2. The number of piperazine rings is 1. The van der Waals surface area contributed by atoms with Gasteiger partial charge in [0.25, 0.3) is 11.8 Å². The topological polar surface area (TPSA) is 58.3 Å². The highest BCUT2D eigenvalue weighted by Crippen LogP contribution is 2.14. The molecular weight excluding hydrogens is 347 g/mol. The van der Waals surface area contributed by atoms with Gasteiger partial charge in [0.15, 0.2) is 13.1 Å². The van der Waals surface area contributed by atoms with Crippen molar-refractivity contribution in [1.82, 2.24) is 4.90 Å². The molecule has 148 valence electrons. The first-order valence-corrected chi connectivity index (χ1v) is 10.00. The molecule has 0 unspecified atom stereocenters. The van der Waals surface area contributed by atoms with Gasteiger partial charge < -0.3 is 20.0 Å². The van der Waals surface area contributed by atoms with Crippen LogP contribution in [0.3, 0.4) is 0 Å². The number of carbonyl (C=O) groups is 2. The highest BCUT2D eigenvalue weighted by atomic mass is 19.1. The van der Waals surface area contributed by atoms with Crippen LogP contribution < -0.4 is 15.1 Å². The van der Waals surface area contributed by atoms with E-state index in [0.29, 0.717) is 24.7 Å². The number of carbonyl (C=O) groups excluding carboxylic acids is 2. The van der Waals surface area contributed by atoms with Crippen LogP contribution in [0.2, 0.25) is 0 Å². The Morgan fingerprint density at radius 3 is 2.37 bits per heavy atom. The average Bonchev–Trinajstić information content (AvgIpc) is 2.65. The summed E-state index contributed by atoms with van der Waals surface area (Å²) >= 11 is 0. The van der Waals surface area contributed by atoms with E-state index in [0.717, 1.165) is 45.7 Å². The molecule has 3 N–H and O–H groups in total. The normalized spacial score (nSPS) is 25.9. The maximum atomic E-state index is 12.9. The average molecular weight is 378 g/mol. The van der Waals surface area contributed by atoms with Crippen molar-refractivity contribution in [2.75, 3.05) is 57.7 Å². The largest absolute Gasteiger partial charge is 0.338 e. The number of likely N-dealkylation sites (tertiary alicyclic amines) is 1. The molecule has 2 fully saturated rings. The Morgan fingerprint density at radius 1 is 1.11 bits per heavy atom. The predicted molar refractivity (Wildman–Crippen MR) is 101 cm³/mol. The molecule has 1 aromatic carbocycles. The zero-order valence-corrected chi connectivity index (χ0v) is 16.1. The van der Waals surface area contributed by atoms with Gasteiger partial charge in [-0.25, -0.2) is 4.39 Å². The van der Waals surface area contributed by atoms with Crippen molar-refractivity contribution in [3.63, 3.8) is 0 Å². The predicted octanol–water partition coefficient (Wildman–Crippen LogP) is -1.19. The van der Waals surface area contributed by atoms with E-state index >= 15 is 0 Å². The summed E-state index contributed by atoms with van der Waals surface area (Å²) in [6.07, 6.45) is 2.34. The number of hydrogen-bond acceptors (Lipinski definition) is 2. The van der Waals surface area contributed by atoms with Crippen LogP contribution in [0, 0.1) is 11.7 Å². The first kappa shape index (κ1) is 19.8. The quantitative estimate of drug-likeness (QED) is 0.603. The van der Waals surface area contributed by atoms with Crippen molar-refractivity contribution in [1.29, 1.82) is 0 Å². The van der Waals surface area contributed by atoms with E-state index < -0.39 is 0 Å². The Balaban J connectivity index is 1.37. The summed E-state index contributed by atoms with van der Waals surface area (Å²) in [4.78, 5) is 29.3. The molecule has 1 aromatic rings. The van der Waals surface area contributed by atoms with Crippen LogP contribution >= 0.6 is 0 Å². The van der Waals surface area contributed by atoms with Crippen molar-refractivity contribution < 1.29 is 23.8 Å². The second-order valence-corrected chi connectivity index (χ2v) is 8.00. The summed E-state index contributed by atoms with van der Waals surface area (Å²) in [5, 5.41) is 2.81. The second kappa shape index (κ2) is 9.28. The Hall–Kier alpha value is -1.99. The minimum atomic E-state index is -0.314. The molecule has 1 atom stereocenters. The van der Waals surface area contributed by atoms with E-state index in [1.165, 1.54) is 28.4 Å². The number of halogens is 1. The lowest BCUT2D eigenvalue weighted by atomic mass is 10.0. The van der Waals surface area contributed by atoms with E-state index in [4.69, 9.17) is 0 Å². The molecular formula is C20H31FN4O2+2. The molecule has 0 saturated carbocycles. The van der Waals surface area contributed by atoms with Crippen LogP contribution in [-0.4, -0.2) is 69.1 Å². The number of rotatable bonds is 5. The van der Waals surface area contributed by atoms with Gasteiger partial charge in [-0.15, -0.1) is 0 Å². The summed E-state index contributed by atoms with van der Waals surface area (Å²) < 4.78 is 12.9. The highest BCUT2D eigenvalue weighted by molar-refractivity contribution is 5.91. The number of anilines is 1. The maximum absolute atomic E-state index is 12.9. The Bertz CT molecular complexity index is 644. The van der Waals surface area contributed by atoms with Gasteiger partial charge in [-0.1, -0.05) is 6.92 Å². The van der Waals surface area contributed by atoms with Gasteiger partial charge >= 0.3 is 0 Å². The first-order valence-electron chi connectivity index (χ1n) is 10.00. The molecule has 0 bridgehead atoms. The molecule has 7 heteroatoms.